The van der Waals surface area contributed by atoms with Gasteiger partial charge in [0.2, 0.25) is 0 Å². The molecular formula is C16H33NO2. The Balaban J connectivity index is 1.96. The van der Waals surface area contributed by atoms with Gasteiger partial charge in [0.25, 0.3) is 0 Å². The van der Waals surface area contributed by atoms with E-state index in [1.54, 1.807) is 0 Å². The summed E-state index contributed by atoms with van der Waals surface area (Å²) >= 11 is 0. The van der Waals surface area contributed by atoms with E-state index < -0.39 is 0 Å². The van der Waals surface area contributed by atoms with Crippen molar-refractivity contribution in [3.05, 3.63) is 0 Å². The average Bonchev–Trinajstić information content (AvgIpc) is 2.42. The first-order chi connectivity index (χ1) is 9.24. The molecule has 19 heavy (non-hydrogen) atoms. The topological polar surface area (TPSA) is 41.5 Å². The summed E-state index contributed by atoms with van der Waals surface area (Å²) < 4.78 is 5.86. The summed E-state index contributed by atoms with van der Waals surface area (Å²) in [6.07, 6.45) is 10.1. The third-order valence-corrected chi connectivity index (χ3v) is 4.12. The van der Waals surface area contributed by atoms with Crippen LogP contribution in [0.25, 0.3) is 0 Å². The molecule has 1 rings (SSSR count). The summed E-state index contributed by atoms with van der Waals surface area (Å²) in [6, 6.07) is 0. The molecule has 0 aromatic heterocycles. The van der Waals surface area contributed by atoms with Crippen LogP contribution in [-0.2, 0) is 4.74 Å². The highest BCUT2D eigenvalue weighted by molar-refractivity contribution is 4.73. The van der Waals surface area contributed by atoms with Gasteiger partial charge in [-0.1, -0.05) is 46.0 Å². The highest BCUT2D eigenvalue weighted by Crippen LogP contribution is 2.26. The van der Waals surface area contributed by atoms with E-state index in [4.69, 9.17) is 4.74 Å². The van der Waals surface area contributed by atoms with Crippen molar-refractivity contribution in [2.45, 2.75) is 77.4 Å². The van der Waals surface area contributed by atoms with Crippen LogP contribution >= 0.6 is 0 Å². The van der Waals surface area contributed by atoms with Gasteiger partial charge in [0, 0.05) is 6.54 Å². The minimum atomic E-state index is -0.361. The van der Waals surface area contributed by atoms with Crippen LogP contribution in [0, 0.1) is 5.92 Å². The van der Waals surface area contributed by atoms with E-state index in [0.717, 1.165) is 6.54 Å². The molecule has 0 aliphatic heterocycles. The number of hydrogen-bond donors (Lipinski definition) is 2. The maximum Gasteiger partial charge on any atom is 0.0897 e. The highest BCUT2D eigenvalue weighted by Gasteiger charge is 2.22. The van der Waals surface area contributed by atoms with Crippen LogP contribution in [0.2, 0.25) is 0 Å². The van der Waals surface area contributed by atoms with Gasteiger partial charge in [-0.3, -0.25) is 0 Å². The number of aliphatic hydroxyl groups is 1. The number of rotatable bonds is 10. The molecule has 1 aliphatic rings. The Morgan fingerprint density at radius 2 is 2.00 bits per heavy atom. The second-order valence-corrected chi connectivity index (χ2v) is 6.05. The predicted octanol–water partition coefficient (Wildman–Crippen LogP) is 3.11. The summed E-state index contributed by atoms with van der Waals surface area (Å²) in [4.78, 5) is 0. The van der Waals surface area contributed by atoms with Gasteiger partial charge >= 0.3 is 0 Å². The second-order valence-electron chi connectivity index (χ2n) is 6.05. The van der Waals surface area contributed by atoms with E-state index in [2.05, 4.69) is 19.2 Å². The number of hydrogen-bond acceptors (Lipinski definition) is 3. The summed E-state index contributed by atoms with van der Waals surface area (Å²) in [6.45, 7) is 6.64. The van der Waals surface area contributed by atoms with Crippen molar-refractivity contribution < 1.29 is 9.84 Å². The molecule has 1 fully saturated rings. The van der Waals surface area contributed by atoms with Crippen molar-refractivity contribution in [3.8, 4) is 0 Å². The van der Waals surface area contributed by atoms with Gasteiger partial charge < -0.3 is 15.2 Å². The Hall–Kier alpha value is -0.120. The quantitative estimate of drug-likeness (QED) is 0.600. The number of unbranched alkanes of at least 4 members (excludes halogenated alkanes) is 3. The first kappa shape index (κ1) is 16.9. The van der Waals surface area contributed by atoms with E-state index in [1.807, 2.05) is 0 Å². The van der Waals surface area contributed by atoms with Gasteiger partial charge in [-0.05, 0) is 31.7 Å². The monoisotopic (exact) mass is 271 g/mol. The maximum atomic E-state index is 9.88. The van der Waals surface area contributed by atoms with Crippen LogP contribution < -0.4 is 5.32 Å². The minimum absolute atomic E-state index is 0.361. The lowest BCUT2D eigenvalue weighted by Gasteiger charge is -2.29. The predicted molar refractivity (Wildman–Crippen MR) is 80.4 cm³/mol. The van der Waals surface area contributed by atoms with Crippen LogP contribution in [0.15, 0.2) is 0 Å². The molecule has 0 heterocycles. The molecule has 0 unspecified atom stereocenters. The largest absolute Gasteiger partial charge is 0.389 e. The first-order valence-electron chi connectivity index (χ1n) is 8.24. The zero-order valence-electron chi connectivity index (χ0n) is 12.9. The van der Waals surface area contributed by atoms with Crippen molar-refractivity contribution >= 4 is 0 Å². The van der Waals surface area contributed by atoms with E-state index in [0.29, 0.717) is 25.2 Å². The number of nitrogens with one attached hydrogen (secondary N) is 1. The first-order valence-corrected chi connectivity index (χ1v) is 8.24. The lowest BCUT2D eigenvalue weighted by molar-refractivity contribution is -0.0451. The van der Waals surface area contributed by atoms with Crippen molar-refractivity contribution in [2.24, 2.45) is 5.92 Å². The molecule has 3 atom stereocenters. The van der Waals surface area contributed by atoms with Crippen LogP contribution in [0.3, 0.4) is 0 Å². The number of aliphatic hydroxyl groups excluding tert-OH is 1. The fraction of sp³-hybridized carbons (Fsp3) is 1.00. The van der Waals surface area contributed by atoms with Crippen molar-refractivity contribution in [2.75, 3.05) is 19.7 Å². The molecule has 0 bridgehead atoms. The molecule has 3 nitrogen and oxygen atoms in total. The standard InChI is InChI=1S/C16H33NO2/c1-3-4-5-8-11-17-12-15(18)13-19-16-10-7-6-9-14(16)2/h14-18H,3-13H2,1-2H3/t14-,15-,16+/m0/s1. The van der Waals surface area contributed by atoms with Gasteiger partial charge in [-0.25, -0.2) is 0 Å². The molecule has 114 valence electrons. The molecule has 2 N–H and O–H groups in total. The maximum absolute atomic E-state index is 9.88. The van der Waals surface area contributed by atoms with Gasteiger partial charge in [0.1, 0.15) is 0 Å². The molecule has 0 spiro atoms. The molecule has 1 aliphatic carbocycles. The molecule has 0 amide bonds. The molecule has 0 aromatic rings. The van der Waals surface area contributed by atoms with E-state index in [-0.39, 0.29) is 6.10 Å². The summed E-state index contributed by atoms with van der Waals surface area (Å²) in [7, 11) is 0. The third-order valence-electron chi connectivity index (χ3n) is 4.12. The van der Waals surface area contributed by atoms with Crippen molar-refractivity contribution in [1.82, 2.24) is 5.32 Å². The van der Waals surface area contributed by atoms with Gasteiger partial charge in [-0.15, -0.1) is 0 Å². The zero-order valence-corrected chi connectivity index (χ0v) is 12.9. The van der Waals surface area contributed by atoms with Crippen LogP contribution in [0.4, 0.5) is 0 Å². The summed E-state index contributed by atoms with van der Waals surface area (Å²) in [5.74, 6) is 0.656. The van der Waals surface area contributed by atoms with E-state index in [9.17, 15) is 5.11 Å². The Kier molecular flexibility index (Phi) is 9.48. The van der Waals surface area contributed by atoms with E-state index in [1.165, 1.54) is 51.4 Å². The molecule has 1 saturated carbocycles. The molecule has 0 radical (unpaired) electrons. The fourth-order valence-corrected chi connectivity index (χ4v) is 2.77. The fourth-order valence-electron chi connectivity index (χ4n) is 2.77. The zero-order chi connectivity index (χ0) is 13.9. The van der Waals surface area contributed by atoms with Crippen molar-refractivity contribution in [1.29, 1.82) is 0 Å². The van der Waals surface area contributed by atoms with Crippen LogP contribution in [0.5, 0.6) is 0 Å². The summed E-state index contributed by atoms with van der Waals surface area (Å²) in [5.41, 5.74) is 0. The summed E-state index contributed by atoms with van der Waals surface area (Å²) in [5, 5.41) is 13.2. The van der Waals surface area contributed by atoms with E-state index >= 15 is 0 Å². The lowest BCUT2D eigenvalue weighted by Crippen LogP contribution is -2.34. The number of ether oxygens (including phenoxy) is 1. The Labute approximate surface area is 119 Å². The Morgan fingerprint density at radius 1 is 1.21 bits per heavy atom. The smallest absolute Gasteiger partial charge is 0.0897 e. The second kappa shape index (κ2) is 10.6. The minimum Gasteiger partial charge on any atom is -0.389 e. The Bertz CT molecular complexity index is 211. The van der Waals surface area contributed by atoms with Crippen LogP contribution in [-0.4, -0.2) is 37.0 Å². The molecular weight excluding hydrogens is 238 g/mol. The average molecular weight is 271 g/mol. The normalized spacial score (nSPS) is 25.4. The molecule has 0 saturated heterocycles. The molecule has 0 aromatic carbocycles. The van der Waals surface area contributed by atoms with Crippen LogP contribution in [0.1, 0.15) is 65.2 Å². The lowest BCUT2D eigenvalue weighted by atomic mass is 9.88. The highest BCUT2D eigenvalue weighted by atomic mass is 16.5. The van der Waals surface area contributed by atoms with Crippen molar-refractivity contribution in [3.63, 3.8) is 0 Å². The third kappa shape index (κ3) is 7.91. The SMILES string of the molecule is CCCCCCNC[C@H](O)CO[C@@H]1CCCC[C@@H]1C. The van der Waals surface area contributed by atoms with Gasteiger partial charge in [-0.2, -0.15) is 0 Å². The van der Waals surface area contributed by atoms with Gasteiger partial charge in [0.15, 0.2) is 0 Å². The molecule has 3 heteroatoms. The van der Waals surface area contributed by atoms with Gasteiger partial charge in [0.05, 0.1) is 18.8 Å². The Morgan fingerprint density at radius 3 is 2.74 bits per heavy atom.